The van der Waals surface area contributed by atoms with Crippen LogP contribution in [0.1, 0.15) is 12.0 Å². The second-order valence-corrected chi connectivity index (χ2v) is 7.41. The van der Waals surface area contributed by atoms with Crippen LogP contribution in [0.25, 0.3) is 11.2 Å². The van der Waals surface area contributed by atoms with Gasteiger partial charge in [-0.1, -0.05) is 48.5 Å². The molecule has 0 amide bonds. The van der Waals surface area contributed by atoms with Crippen LogP contribution in [0.5, 0.6) is 5.75 Å². The minimum absolute atomic E-state index is 0.368. The maximum Gasteiger partial charge on any atom is 0.329 e. The van der Waals surface area contributed by atoms with E-state index in [4.69, 9.17) is 4.74 Å². The summed E-state index contributed by atoms with van der Waals surface area (Å²) < 4.78 is 9.03. The minimum Gasteiger partial charge on any atom is -0.494 e. The molecule has 4 rings (SSSR count). The molecule has 31 heavy (non-hydrogen) atoms. The fraction of sp³-hybridized carbons (Fsp3) is 0.261. The van der Waals surface area contributed by atoms with Gasteiger partial charge in [0, 0.05) is 27.2 Å². The Balaban J connectivity index is 1.64. The van der Waals surface area contributed by atoms with Gasteiger partial charge in [0.15, 0.2) is 11.2 Å². The summed E-state index contributed by atoms with van der Waals surface area (Å²) in [4.78, 5) is 33.7. The third-order valence-corrected chi connectivity index (χ3v) is 5.13. The Morgan fingerprint density at radius 2 is 1.71 bits per heavy atom. The van der Waals surface area contributed by atoms with Crippen molar-refractivity contribution in [2.45, 2.75) is 19.5 Å². The number of benzene rings is 2. The van der Waals surface area contributed by atoms with Crippen molar-refractivity contribution in [2.75, 3.05) is 18.6 Å². The van der Waals surface area contributed by atoms with E-state index in [0.717, 1.165) is 11.3 Å². The quantitative estimate of drug-likeness (QED) is 0.444. The number of nitrogens with one attached hydrogen (secondary N) is 1. The standard InChI is InChI=1S/C23H25N5O3/c1-26(16-17-10-5-3-6-11-17)22-24-20-19(21(29)25-23(30)27(20)2)28(22)14-9-15-31-18-12-7-4-8-13-18/h3-8,10-13H,9,14-16H2,1-2H3,(H,25,29,30). The van der Waals surface area contributed by atoms with Crippen LogP contribution in [0, 0.1) is 0 Å². The minimum atomic E-state index is -0.480. The Kier molecular flexibility index (Phi) is 5.88. The lowest BCUT2D eigenvalue weighted by Crippen LogP contribution is -2.29. The molecule has 0 aliphatic rings. The molecule has 160 valence electrons. The normalized spacial score (nSPS) is 11.0. The summed E-state index contributed by atoms with van der Waals surface area (Å²) >= 11 is 0. The summed E-state index contributed by atoms with van der Waals surface area (Å²) in [5.41, 5.74) is 0.962. The lowest BCUT2D eigenvalue weighted by atomic mass is 10.2. The molecule has 2 aromatic heterocycles. The van der Waals surface area contributed by atoms with Gasteiger partial charge in [0.25, 0.3) is 5.56 Å². The van der Waals surface area contributed by atoms with Gasteiger partial charge < -0.3 is 14.2 Å². The number of rotatable bonds is 8. The summed E-state index contributed by atoms with van der Waals surface area (Å²) in [6.07, 6.45) is 0.675. The summed E-state index contributed by atoms with van der Waals surface area (Å²) in [5.74, 6) is 1.44. The molecule has 0 bridgehead atoms. The number of H-pyrrole nitrogens is 1. The van der Waals surface area contributed by atoms with Gasteiger partial charge in [-0.15, -0.1) is 0 Å². The number of aromatic nitrogens is 4. The Hall–Kier alpha value is -3.81. The number of hydrogen-bond acceptors (Lipinski definition) is 5. The molecule has 0 aliphatic carbocycles. The molecule has 2 aromatic carbocycles. The molecule has 2 heterocycles. The van der Waals surface area contributed by atoms with Crippen LogP contribution < -0.4 is 20.9 Å². The van der Waals surface area contributed by atoms with Crippen molar-refractivity contribution in [3.63, 3.8) is 0 Å². The summed E-state index contributed by atoms with van der Waals surface area (Å²) in [5, 5.41) is 0. The van der Waals surface area contributed by atoms with E-state index in [-0.39, 0.29) is 0 Å². The molecule has 4 aromatic rings. The lowest BCUT2D eigenvalue weighted by Gasteiger charge is -2.20. The van der Waals surface area contributed by atoms with E-state index < -0.39 is 11.2 Å². The molecule has 0 aliphatic heterocycles. The van der Waals surface area contributed by atoms with Gasteiger partial charge >= 0.3 is 5.69 Å². The maximum atomic E-state index is 12.6. The first kappa shape index (κ1) is 20.5. The second kappa shape index (κ2) is 8.91. The molecule has 8 heteroatoms. The van der Waals surface area contributed by atoms with E-state index in [1.165, 1.54) is 4.57 Å². The smallest absolute Gasteiger partial charge is 0.329 e. The van der Waals surface area contributed by atoms with Crippen molar-refractivity contribution in [1.29, 1.82) is 0 Å². The molecule has 0 saturated heterocycles. The van der Waals surface area contributed by atoms with E-state index in [9.17, 15) is 9.59 Å². The van der Waals surface area contributed by atoms with E-state index in [1.807, 2.05) is 77.2 Å². The zero-order valence-corrected chi connectivity index (χ0v) is 17.6. The molecule has 0 unspecified atom stereocenters. The Morgan fingerprint density at radius 1 is 1.03 bits per heavy atom. The Bertz CT molecular complexity index is 1280. The zero-order valence-electron chi connectivity index (χ0n) is 17.6. The fourth-order valence-corrected chi connectivity index (χ4v) is 3.58. The number of imidazole rings is 1. The van der Waals surface area contributed by atoms with Crippen molar-refractivity contribution in [2.24, 2.45) is 7.05 Å². The zero-order chi connectivity index (χ0) is 21.8. The van der Waals surface area contributed by atoms with Crippen molar-refractivity contribution in [3.8, 4) is 5.75 Å². The van der Waals surface area contributed by atoms with Crippen LogP contribution in [-0.2, 0) is 20.1 Å². The van der Waals surface area contributed by atoms with Crippen LogP contribution in [-0.4, -0.2) is 32.8 Å². The molecule has 0 atom stereocenters. The Labute approximate surface area is 179 Å². The van der Waals surface area contributed by atoms with E-state index in [2.05, 4.69) is 9.97 Å². The number of anilines is 1. The maximum absolute atomic E-state index is 12.6. The largest absolute Gasteiger partial charge is 0.494 e. The van der Waals surface area contributed by atoms with Gasteiger partial charge in [-0.25, -0.2) is 4.79 Å². The van der Waals surface area contributed by atoms with Crippen molar-refractivity contribution >= 4 is 17.1 Å². The molecule has 8 nitrogen and oxygen atoms in total. The molecule has 0 saturated carbocycles. The lowest BCUT2D eigenvalue weighted by molar-refractivity contribution is 0.302. The summed E-state index contributed by atoms with van der Waals surface area (Å²) in [6, 6.07) is 19.6. The van der Waals surface area contributed by atoms with Crippen LogP contribution in [0.2, 0.25) is 0 Å². The first-order chi connectivity index (χ1) is 15.0. The number of aryl methyl sites for hydroxylation is 2. The highest BCUT2D eigenvalue weighted by atomic mass is 16.5. The number of hydrogen-bond donors (Lipinski definition) is 1. The summed E-state index contributed by atoms with van der Waals surface area (Å²) in [7, 11) is 3.54. The molecule has 0 spiro atoms. The van der Waals surface area contributed by atoms with E-state index in [1.54, 1.807) is 7.05 Å². The van der Waals surface area contributed by atoms with Crippen LogP contribution in [0.3, 0.4) is 0 Å². The summed E-state index contributed by atoms with van der Waals surface area (Å²) in [6.45, 7) is 1.64. The third kappa shape index (κ3) is 4.37. The van der Waals surface area contributed by atoms with Gasteiger partial charge in [-0.3, -0.25) is 14.3 Å². The van der Waals surface area contributed by atoms with Crippen molar-refractivity contribution < 1.29 is 4.74 Å². The third-order valence-electron chi connectivity index (χ3n) is 5.13. The van der Waals surface area contributed by atoms with Crippen molar-refractivity contribution in [3.05, 3.63) is 87.1 Å². The first-order valence-electron chi connectivity index (χ1n) is 10.2. The average molecular weight is 419 g/mol. The number of para-hydroxylation sites is 1. The van der Waals surface area contributed by atoms with E-state index >= 15 is 0 Å². The second-order valence-electron chi connectivity index (χ2n) is 7.41. The van der Waals surface area contributed by atoms with Gasteiger partial charge in [-0.05, 0) is 24.1 Å². The average Bonchev–Trinajstić information content (AvgIpc) is 3.17. The number of aromatic amines is 1. The highest BCUT2D eigenvalue weighted by Crippen LogP contribution is 2.21. The van der Waals surface area contributed by atoms with Gasteiger partial charge in [0.2, 0.25) is 5.95 Å². The van der Waals surface area contributed by atoms with Crippen LogP contribution in [0.4, 0.5) is 5.95 Å². The SMILES string of the molecule is CN(Cc1ccccc1)c1nc2c(c(=O)[nH]c(=O)n2C)n1CCCOc1ccccc1. The highest BCUT2D eigenvalue weighted by Gasteiger charge is 2.19. The first-order valence-corrected chi connectivity index (χ1v) is 10.2. The monoisotopic (exact) mass is 419 g/mol. The Morgan fingerprint density at radius 3 is 2.42 bits per heavy atom. The number of ether oxygens (including phenoxy) is 1. The molecular formula is C23H25N5O3. The predicted octanol–water partition coefficient (Wildman–Crippen LogP) is 2.53. The van der Waals surface area contributed by atoms with Gasteiger partial charge in [0.05, 0.1) is 6.61 Å². The fourth-order valence-electron chi connectivity index (χ4n) is 3.58. The molecular weight excluding hydrogens is 394 g/mol. The van der Waals surface area contributed by atoms with E-state index in [0.29, 0.717) is 43.2 Å². The van der Waals surface area contributed by atoms with Gasteiger partial charge in [0.1, 0.15) is 5.75 Å². The predicted molar refractivity (Wildman–Crippen MR) is 121 cm³/mol. The number of fused-ring (bicyclic) bond motifs is 1. The molecule has 0 radical (unpaired) electrons. The molecule has 1 N–H and O–H groups in total. The van der Waals surface area contributed by atoms with Crippen molar-refractivity contribution in [1.82, 2.24) is 19.1 Å². The van der Waals surface area contributed by atoms with Gasteiger partial charge in [-0.2, -0.15) is 4.98 Å². The van der Waals surface area contributed by atoms with Crippen LogP contribution >= 0.6 is 0 Å². The topological polar surface area (TPSA) is 85.2 Å². The number of nitrogens with zero attached hydrogens (tertiary/aromatic N) is 4. The highest BCUT2D eigenvalue weighted by molar-refractivity contribution is 5.74. The van der Waals surface area contributed by atoms with Crippen LogP contribution in [0.15, 0.2) is 70.3 Å². The molecule has 0 fully saturated rings.